The van der Waals surface area contributed by atoms with Crippen LogP contribution in [-0.4, -0.2) is 33.4 Å². The van der Waals surface area contributed by atoms with Crippen molar-refractivity contribution in [3.05, 3.63) is 59.8 Å². The van der Waals surface area contributed by atoms with Crippen LogP contribution in [0.15, 0.2) is 52.2 Å². The lowest BCUT2D eigenvalue weighted by atomic mass is 10.1. The monoisotopic (exact) mass is 371 g/mol. The number of methoxy groups -OCH3 is 1. The maximum Gasteiger partial charge on any atom is 0.192 e. The van der Waals surface area contributed by atoms with E-state index < -0.39 is 0 Å². The van der Waals surface area contributed by atoms with Crippen molar-refractivity contribution in [3.63, 3.8) is 0 Å². The predicted molar refractivity (Wildman–Crippen MR) is 100.0 cm³/mol. The molecule has 0 atom stereocenters. The van der Waals surface area contributed by atoms with Gasteiger partial charge in [-0.25, -0.2) is 0 Å². The summed E-state index contributed by atoms with van der Waals surface area (Å²) in [5.41, 5.74) is 0.573. The van der Waals surface area contributed by atoms with E-state index in [-0.39, 0.29) is 17.5 Å². The number of carbonyl (C=O) groups is 1. The molecule has 0 amide bonds. The Bertz CT molecular complexity index is 872. The second-order valence-electron chi connectivity index (χ2n) is 6.07. The van der Waals surface area contributed by atoms with Crippen LogP contribution in [0.2, 0.25) is 0 Å². The van der Waals surface area contributed by atoms with Gasteiger partial charge >= 0.3 is 0 Å². The molecule has 0 saturated heterocycles. The van der Waals surface area contributed by atoms with Crippen molar-refractivity contribution in [2.24, 2.45) is 0 Å². The summed E-state index contributed by atoms with van der Waals surface area (Å²) in [6.07, 6.45) is 1.65. The molecule has 0 aliphatic heterocycles. The number of aromatic nitrogens is 3. The predicted octanol–water partition coefficient (Wildman–Crippen LogP) is 4.03. The molecule has 6 nitrogen and oxygen atoms in total. The van der Waals surface area contributed by atoms with E-state index in [1.165, 1.54) is 11.8 Å². The molecule has 26 heavy (non-hydrogen) atoms. The van der Waals surface area contributed by atoms with Crippen molar-refractivity contribution < 1.29 is 13.9 Å². The number of hydrogen-bond acceptors (Lipinski definition) is 6. The highest BCUT2D eigenvalue weighted by atomic mass is 32.2. The van der Waals surface area contributed by atoms with Crippen LogP contribution in [0.5, 0.6) is 5.75 Å². The fourth-order valence-electron chi connectivity index (χ4n) is 2.62. The number of thioether (sulfide) groups is 1. The Balaban J connectivity index is 1.78. The molecule has 7 heteroatoms. The van der Waals surface area contributed by atoms with E-state index in [1.807, 2.05) is 28.8 Å². The quantitative estimate of drug-likeness (QED) is 0.440. The van der Waals surface area contributed by atoms with Crippen LogP contribution in [0.4, 0.5) is 0 Å². The fourth-order valence-corrected chi connectivity index (χ4v) is 3.45. The second-order valence-corrected chi connectivity index (χ2v) is 7.02. The molecular formula is C19H21N3O3S. The van der Waals surface area contributed by atoms with Crippen LogP contribution in [0.3, 0.4) is 0 Å². The lowest BCUT2D eigenvalue weighted by molar-refractivity contribution is 0.101. The Morgan fingerprint density at radius 3 is 2.73 bits per heavy atom. The summed E-state index contributed by atoms with van der Waals surface area (Å²) in [4.78, 5) is 12.6. The molecule has 0 N–H and O–H groups in total. The van der Waals surface area contributed by atoms with Gasteiger partial charge in [-0.2, -0.15) is 0 Å². The first-order valence-electron chi connectivity index (χ1n) is 8.34. The second kappa shape index (κ2) is 8.23. The summed E-state index contributed by atoms with van der Waals surface area (Å²) in [5, 5.41) is 9.27. The van der Waals surface area contributed by atoms with Crippen LogP contribution >= 0.6 is 11.8 Å². The minimum absolute atomic E-state index is 0.00824. The smallest absolute Gasteiger partial charge is 0.192 e. The van der Waals surface area contributed by atoms with Gasteiger partial charge in [0, 0.05) is 5.92 Å². The van der Waals surface area contributed by atoms with Gasteiger partial charge in [-0.1, -0.05) is 37.7 Å². The van der Waals surface area contributed by atoms with E-state index in [2.05, 4.69) is 24.0 Å². The van der Waals surface area contributed by atoms with Crippen molar-refractivity contribution in [3.8, 4) is 5.75 Å². The van der Waals surface area contributed by atoms with E-state index >= 15 is 0 Å². The van der Waals surface area contributed by atoms with E-state index in [0.717, 1.165) is 11.6 Å². The van der Waals surface area contributed by atoms with E-state index in [0.29, 0.717) is 23.0 Å². The number of ether oxygens (including phenoxy) is 1. The van der Waals surface area contributed by atoms with Gasteiger partial charge in [0.2, 0.25) is 0 Å². The van der Waals surface area contributed by atoms with Gasteiger partial charge in [0.15, 0.2) is 10.9 Å². The van der Waals surface area contributed by atoms with Gasteiger partial charge in [0.1, 0.15) is 17.3 Å². The first kappa shape index (κ1) is 18.3. The van der Waals surface area contributed by atoms with Crippen LogP contribution in [0, 0.1) is 0 Å². The van der Waals surface area contributed by atoms with Crippen molar-refractivity contribution in [1.82, 2.24) is 14.8 Å². The van der Waals surface area contributed by atoms with E-state index in [1.54, 1.807) is 25.5 Å². The van der Waals surface area contributed by atoms with E-state index in [4.69, 9.17) is 9.15 Å². The van der Waals surface area contributed by atoms with Crippen molar-refractivity contribution in [2.75, 3.05) is 12.9 Å². The first-order chi connectivity index (χ1) is 12.6. The minimum atomic E-state index is -0.00824. The minimum Gasteiger partial charge on any atom is -0.496 e. The number of furan rings is 1. The summed E-state index contributed by atoms with van der Waals surface area (Å²) in [5.74, 6) is 2.74. The third-order valence-corrected chi connectivity index (χ3v) is 4.86. The average Bonchev–Trinajstić information content (AvgIpc) is 3.30. The number of nitrogens with zero attached hydrogens (tertiary/aromatic N) is 3. The molecule has 0 aliphatic carbocycles. The normalized spacial score (nSPS) is 11.1. The Kier molecular flexibility index (Phi) is 5.78. The zero-order chi connectivity index (χ0) is 18.5. The lowest BCUT2D eigenvalue weighted by Gasteiger charge is -2.11. The summed E-state index contributed by atoms with van der Waals surface area (Å²) >= 11 is 1.37. The molecule has 0 aliphatic rings. The summed E-state index contributed by atoms with van der Waals surface area (Å²) < 4.78 is 12.7. The number of benzene rings is 1. The molecular weight excluding hydrogens is 350 g/mol. The molecule has 2 aromatic heterocycles. The molecule has 0 bridgehead atoms. The number of hydrogen-bond donors (Lipinski definition) is 0. The van der Waals surface area contributed by atoms with Crippen LogP contribution < -0.4 is 4.74 Å². The number of carbonyl (C=O) groups excluding carboxylic acids is 1. The maximum absolute atomic E-state index is 12.6. The van der Waals surface area contributed by atoms with Crippen molar-refractivity contribution in [2.45, 2.75) is 31.5 Å². The van der Waals surface area contributed by atoms with Crippen LogP contribution in [0.1, 0.15) is 41.7 Å². The van der Waals surface area contributed by atoms with Gasteiger partial charge in [-0.05, 0) is 24.3 Å². The molecule has 0 spiro atoms. The molecule has 1 aromatic carbocycles. The van der Waals surface area contributed by atoms with Gasteiger partial charge in [-0.3, -0.25) is 9.36 Å². The van der Waals surface area contributed by atoms with E-state index in [9.17, 15) is 4.79 Å². The van der Waals surface area contributed by atoms with Crippen LogP contribution in [0.25, 0.3) is 0 Å². The highest BCUT2D eigenvalue weighted by Crippen LogP contribution is 2.25. The average molecular weight is 371 g/mol. The Morgan fingerprint density at radius 1 is 1.23 bits per heavy atom. The summed E-state index contributed by atoms with van der Waals surface area (Å²) in [6.45, 7) is 4.67. The Hall–Kier alpha value is -2.54. The number of para-hydroxylation sites is 1. The molecule has 3 aromatic rings. The molecule has 0 radical (unpaired) electrons. The summed E-state index contributed by atoms with van der Waals surface area (Å²) in [6, 6.07) is 11.0. The van der Waals surface area contributed by atoms with Gasteiger partial charge < -0.3 is 9.15 Å². The van der Waals surface area contributed by atoms with Gasteiger partial charge in [0.25, 0.3) is 0 Å². The molecule has 0 saturated carbocycles. The van der Waals surface area contributed by atoms with Crippen molar-refractivity contribution >= 4 is 17.5 Å². The third kappa shape index (κ3) is 3.99. The lowest BCUT2D eigenvalue weighted by Crippen LogP contribution is -2.09. The van der Waals surface area contributed by atoms with Crippen molar-refractivity contribution in [1.29, 1.82) is 0 Å². The molecule has 2 heterocycles. The fraction of sp³-hybridized carbons (Fsp3) is 0.316. The highest BCUT2D eigenvalue weighted by molar-refractivity contribution is 7.99. The Labute approximate surface area is 156 Å². The summed E-state index contributed by atoms with van der Waals surface area (Å²) in [7, 11) is 1.56. The molecule has 0 unspecified atom stereocenters. The highest BCUT2D eigenvalue weighted by Gasteiger charge is 2.19. The van der Waals surface area contributed by atoms with Gasteiger partial charge in [-0.15, -0.1) is 10.2 Å². The Morgan fingerprint density at radius 2 is 2.04 bits per heavy atom. The number of Topliss-reactive ketones (excluding diaryl/α,β-unsaturated/α-hetero) is 1. The van der Waals surface area contributed by atoms with Gasteiger partial charge in [0.05, 0.1) is 31.2 Å². The first-order valence-corrected chi connectivity index (χ1v) is 9.33. The molecule has 136 valence electrons. The van der Waals surface area contributed by atoms with Crippen LogP contribution in [-0.2, 0) is 6.54 Å². The molecule has 0 fully saturated rings. The molecule has 3 rings (SSSR count). The zero-order valence-corrected chi connectivity index (χ0v) is 15.8. The largest absolute Gasteiger partial charge is 0.496 e. The number of rotatable bonds is 8. The third-order valence-electron chi connectivity index (χ3n) is 3.90. The zero-order valence-electron chi connectivity index (χ0n) is 15.0. The standard InChI is InChI=1S/C19H21N3O3S/c1-13(2)18-20-21-19(22(18)11-14-7-6-10-25-14)26-12-16(23)15-8-4-5-9-17(15)24-3/h4-10,13H,11-12H2,1-3H3. The SMILES string of the molecule is COc1ccccc1C(=O)CSc1nnc(C(C)C)n1Cc1ccco1. The number of ketones is 1. The topological polar surface area (TPSA) is 70.2 Å². The maximum atomic E-state index is 12.6.